The molecule has 164 valence electrons. The molecule has 1 N–H and O–H groups in total. The second-order valence-electron chi connectivity index (χ2n) is 7.18. The zero-order chi connectivity index (χ0) is 22.3. The third-order valence-corrected chi connectivity index (χ3v) is 7.04. The molecule has 0 aromatic heterocycles. The molecule has 0 atom stereocenters. The second kappa shape index (κ2) is 10.4. The molecule has 0 spiro atoms. The van der Waals surface area contributed by atoms with Crippen molar-refractivity contribution >= 4 is 21.6 Å². The maximum absolute atomic E-state index is 12.8. The molecule has 3 rings (SSSR count). The molecule has 1 aliphatic rings. The van der Waals surface area contributed by atoms with Crippen molar-refractivity contribution in [1.82, 2.24) is 9.21 Å². The second-order valence-corrected chi connectivity index (χ2v) is 9.12. The lowest BCUT2D eigenvalue weighted by Crippen LogP contribution is -2.48. The Morgan fingerprint density at radius 3 is 2.29 bits per heavy atom. The van der Waals surface area contributed by atoms with Crippen molar-refractivity contribution in [2.24, 2.45) is 0 Å². The SMILES string of the molecule is CCN1CCN(S(=O)(=O)c2ccc(NC(=O)COc3ccc(CC#N)cc3)cc2)CC1. The highest BCUT2D eigenvalue weighted by atomic mass is 32.2. The highest BCUT2D eigenvalue weighted by molar-refractivity contribution is 7.89. The van der Waals surface area contributed by atoms with Gasteiger partial charge in [0.25, 0.3) is 5.91 Å². The fraction of sp³-hybridized carbons (Fsp3) is 0.364. The summed E-state index contributed by atoms with van der Waals surface area (Å²) in [6, 6.07) is 15.2. The van der Waals surface area contributed by atoms with Crippen LogP contribution in [0.2, 0.25) is 0 Å². The van der Waals surface area contributed by atoms with Crippen molar-refractivity contribution in [1.29, 1.82) is 5.26 Å². The number of anilines is 1. The predicted molar refractivity (Wildman–Crippen MR) is 117 cm³/mol. The summed E-state index contributed by atoms with van der Waals surface area (Å²) in [7, 11) is -3.54. The summed E-state index contributed by atoms with van der Waals surface area (Å²) in [5, 5.41) is 11.4. The minimum absolute atomic E-state index is 0.181. The molecule has 2 aromatic carbocycles. The molecule has 1 fully saturated rings. The number of ether oxygens (including phenoxy) is 1. The molecule has 0 unspecified atom stereocenters. The Labute approximate surface area is 183 Å². The van der Waals surface area contributed by atoms with Gasteiger partial charge in [-0.25, -0.2) is 8.42 Å². The molecule has 0 bridgehead atoms. The van der Waals surface area contributed by atoms with Crippen molar-refractivity contribution < 1.29 is 17.9 Å². The van der Waals surface area contributed by atoms with E-state index < -0.39 is 10.0 Å². The average Bonchev–Trinajstić information content (AvgIpc) is 2.79. The maximum atomic E-state index is 12.8. The first-order valence-electron chi connectivity index (χ1n) is 10.1. The lowest BCUT2D eigenvalue weighted by Gasteiger charge is -2.33. The van der Waals surface area contributed by atoms with Gasteiger partial charge < -0.3 is 15.0 Å². The molecule has 0 aliphatic carbocycles. The zero-order valence-electron chi connectivity index (χ0n) is 17.5. The van der Waals surface area contributed by atoms with Gasteiger partial charge in [0, 0.05) is 31.9 Å². The van der Waals surface area contributed by atoms with Crippen LogP contribution in [0, 0.1) is 11.3 Å². The van der Waals surface area contributed by atoms with E-state index in [1.807, 2.05) is 0 Å². The standard InChI is InChI=1S/C22H26N4O4S/c1-2-25-13-15-26(16-14-25)31(28,29)21-9-5-19(6-10-21)24-22(27)17-30-20-7-3-18(4-8-20)11-12-23/h3-10H,2,11,13-17H2,1H3,(H,24,27). The van der Waals surface area contributed by atoms with E-state index in [1.54, 1.807) is 36.4 Å². The molecule has 9 heteroatoms. The number of hydrogen-bond donors (Lipinski definition) is 1. The van der Waals surface area contributed by atoms with Crippen LogP contribution >= 0.6 is 0 Å². The summed E-state index contributed by atoms with van der Waals surface area (Å²) in [5.41, 5.74) is 1.37. The topological polar surface area (TPSA) is 103 Å². The summed E-state index contributed by atoms with van der Waals surface area (Å²) < 4.78 is 32.6. The van der Waals surface area contributed by atoms with Gasteiger partial charge in [-0.1, -0.05) is 19.1 Å². The number of nitrogens with zero attached hydrogens (tertiary/aromatic N) is 3. The number of rotatable bonds is 8. The van der Waals surface area contributed by atoms with E-state index in [4.69, 9.17) is 10.00 Å². The Morgan fingerprint density at radius 1 is 1.06 bits per heavy atom. The largest absolute Gasteiger partial charge is 0.484 e. The first-order valence-corrected chi connectivity index (χ1v) is 11.6. The fourth-order valence-corrected chi connectivity index (χ4v) is 4.71. The number of benzene rings is 2. The van der Waals surface area contributed by atoms with Crippen LogP contribution in [0.15, 0.2) is 53.4 Å². The molecule has 1 saturated heterocycles. The summed E-state index contributed by atoms with van der Waals surface area (Å²) in [4.78, 5) is 14.6. The number of amides is 1. The van der Waals surface area contributed by atoms with E-state index >= 15 is 0 Å². The lowest BCUT2D eigenvalue weighted by atomic mass is 10.2. The number of sulfonamides is 1. The zero-order valence-corrected chi connectivity index (χ0v) is 18.3. The van der Waals surface area contributed by atoms with E-state index in [9.17, 15) is 13.2 Å². The van der Waals surface area contributed by atoms with E-state index in [0.29, 0.717) is 30.9 Å². The number of nitrogens with one attached hydrogen (secondary N) is 1. The maximum Gasteiger partial charge on any atom is 0.262 e. The lowest BCUT2D eigenvalue weighted by molar-refractivity contribution is -0.118. The van der Waals surface area contributed by atoms with E-state index in [0.717, 1.165) is 25.2 Å². The number of hydrogen-bond acceptors (Lipinski definition) is 6. The van der Waals surface area contributed by atoms with Crippen LogP contribution in [-0.4, -0.2) is 62.9 Å². The number of carbonyl (C=O) groups excluding carboxylic acids is 1. The molecule has 1 heterocycles. The minimum atomic E-state index is -3.54. The average molecular weight is 443 g/mol. The van der Waals surface area contributed by atoms with Crippen LogP contribution in [0.1, 0.15) is 12.5 Å². The van der Waals surface area contributed by atoms with Crippen LogP contribution in [-0.2, 0) is 21.2 Å². The molecule has 2 aromatic rings. The van der Waals surface area contributed by atoms with Gasteiger partial charge in [-0.2, -0.15) is 9.57 Å². The van der Waals surface area contributed by atoms with Gasteiger partial charge in [0.1, 0.15) is 5.75 Å². The number of nitriles is 1. The Morgan fingerprint density at radius 2 is 1.71 bits per heavy atom. The molecule has 8 nitrogen and oxygen atoms in total. The van der Waals surface area contributed by atoms with E-state index in [-0.39, 0.29) is 17.4 Å². The van der Waals surface area contributed by atoms with Crippen molar-refractivity contribution in [3.8, 4) is 11.8 Å². The van der Waals surface area contributed by atoms with Crippen LogP contribution in [0.3, 0.4) is 0 Å². The predicted octanol–water partition coefficient (Wildman–Crippen LogP) is 2.10. The number of likely N-dealkylation sites (N-methyl/N-ethyl adjacent to an activating group) is 1. The van der Waals surface area contributed by atoms with Gasteiger partial charge >= 0.3 is 0 Å². The highest BCUT2D eigenvalue weighted by Gasteiger charge is 2.27. The Hall–Kier alpha value is -2.93. The normalized spacial score (nSPS) is 15.2. The van der Waals surface area contributed by atoms with Crippen LogP contribution in [0.5, 0.6) is 5.75 Å². The van der Waals surface area contributed by atoms with Crippen molar-refractivity contribution in [2.75, 3.05) is 44.6 Å². The Kier molecular flexibility index (Phi) is 7.63. The Bertz CT molecular complexity index is 1020. The summed E-state index contributed by atoms with van der Waals surface area (Å²) in [5.74, 6) is 0.175. The van der Waals surface area contributed by atoms with Gasteiger partial charge in [0.15, 0.2) is 6.61 Å². The monoisotopic (exact) mass is 442 g/mol. The van der Waals surface area contributed by atoms with Crippen LogP contribution in [0.4, 0.5) is 5.69 Å². The van der Waals surface area contributed by atoms with Crippen molar-refractivity contribution in [3.63, 3.8) is 0 Å². The smallest absolute Gasteiger partial charge is 0.262 e. The highest BCUT2D eigenvalue weighted by Crippen LogP contribution is 2.20. The first-order chi connectivity index (χ1) is 14.9. The molecule has 1 amide bonds. The Balaban J connectivity index is 1.52. The number of piperazine rings is 1. The van der Waals surface area contributed by atoms with Gasteiger partial charge in [-0.05, 0) is 48.5 Å². The van der Waals surface area contributed by atoms with E-state index in [2.05, 4.69) is 23.2 Å². The van der Waals surface area contributed by atoms with Crippen LogP contribution in [0.25, 0.3) is 0 Å². The molecule has 0 saturated carbocycles. The van der Waals surface area contributed by atoms with Gasteiger partial charge in [0.05, 0.1) is 17.4 Å². The van der Waals surface area contributed by atoms with Gasteiger partial charge in [-0.3, -0.25) is 4.79 Å². The summed E-state index contributed by atoms with van der Waals surface area (Å²) >= 11 is 0. The minimum Gasteiger partial charge on any atom is -0.484 e. The third kappa shape index (κ3) is 6.04. The van der Waals surface area contributed by atoms with Crippen molar-refractivity contribution in [3.05, 3.63) is 54.1 Å². The molecule has 31 heavy (non-hydrogen) atoms. The van der Waals surface area contributed by atoms with Crippen molar-refractivity contribution in [2.45, 2.75) is 18.2 Å². The number of carbonyl (C=O) groups is 1. The summed E-state index contributed by atoms with van der Waals surface area (Å²) in [6.07, 6.45) is 0.321. The van der Waals surface area contributed by atoms with Crippen LogP contribution < -0.4 is 10.1 Å². The van der Waals surface area contributed by atoms with E-state index in [1.165, 1.54) is 16.4 Å². The molecular formula is C22H26N4O4S. The molecule has 1 aliphatic heterocycles. The first kappa shape index (κ1) is 22.7. The van der Waals surface area contributed by atoms with Gasteiger partial charge in [0.2, 0.25) is 10.0 Å². The molecule has 0 radical (unpaired) electrons. The summed E-state index contributed by atoms with van der Waals surface area (Å²) in [6.45, 7) is 5.20. The fourth-order valence-electron chi connectivity index (χ4n) is 3.29. The molecular weight excluding hydrogens is 416 g/mol. The third-order valence-electron chi connectivity index (χ3n) is 5.13. The quantitative estimate of drug-likeness (QED) is 0.672. The van der Waals surface area contributed by atoms with Gasteiger partial charge in [-0.15, -0.1) is 0 Å².